The molecule has 4 heteroatoms. The van der Waals surface area contributed by atoms with Crippen LogP contribution >= 0.6 is 11.6 Å². The minimum Gasteiger partial charge on any atom is -0.489 e. The molecule has 0 aliphatic carbocycles. The van der Waals surface area contributed by atoms with Gasteiger partial charge in [-0.1, -0.05) is 0 Å². The van der Waals surface area contributed by atoms with Gasteiger partial charge in [0.15, 0.2) is 0 Å². The molecule has 3 nitrogen and oxygen atoms in total. The Balaban J connectivity index is 2.52. The van der Waals surface area contributed by atoms with Gasteiger partial charge in [0.1, 0.15) is 12.4 Å². The Labute approximate surface area is 95.4 Å². The highest BCUT2D eigenvalue weighted by atomic mass is 35.5. The van der Waals surface area contributed by atoms with Gasteiger partial charge in [0.05, 0.1) is 18.2 Å². The van der Waals surface area contributed by atoms with Crippen molar-refractivity contribution in [1.29, 1.82) is 0 Å². The highest BCUT2D eigenvalue weighted by molar-refractivity contribution is 6.17. The Kier molecular flexibility index (Phi) is 5.43. The van der Waals surface area contributed by atoms with Gasteiger partial charge < -0.3 is 9.47 Å². The number of hydrogen-bond acceptors (Lipinski definition) is 3. The lowest BCUT2D eigenvalue weighted by Crippen LogP contribution is -2.08. The zero-order chi connectivity index (χ0) is 11.1. The number of pyridine rings is 1. The number of halogens is 1. The van der Waals surface area contributed by atoms with E-state index in [2.05, 4.69) is 4.98 Å². The molecule has 1 aromatic rings. The summed E-state index contributed by atoms with van der Waals surface area (Å²) in [5, 5.41) is 0. The zero-order valence-electron chi connectivity index (χ0n) is 9.12. The molecular weight excluding hydrogens is 214 g/mol. The normalized spacial score (nSPS) is 10.3. The SMILES string of the molecule is CCOCCOc1ccc(C)nc1CCl. The van der Waals surface area contributed by atoms with Crippen LogP contribution < -0.4 is 4.74 Å². The van der Waals surface area contributed by atoms with Gasteiger partial charge in [0.25, 0.3) is 0 Å². The van der Waals surface area contributed by atoms with Crippen molar-refractivity contribution < 1.29 is 9.47 Å². The number of rotatable bonds is 6. The van der Waals surface area contributed by atoms with E-state index in [1.807, 2.05) is 26.0 Å². The van der Waals surface area contributed by atoms with Gasteiger partial charge in [-0.2, -0.15) is 0 Å². The van der Waals surface area contributed by atoms with Crippen molar-refractivity contribution >= 4 is 11.6 Å². The highest BCUT2D eigenvalue weighted by Gasteiger charge is 2.04. The molecule has 0 aliphatic heterocycles. The van der Waals surface area contributed by atoms with Gasteiger partial charge in [-0.05, 0) is 26.0 Å². The number of ether oxygens (including phenoxy) is 2. The lowest BCUT2D eigenvalue weighted by molar-refractivity contribution is 0.109. The van der Waals surface area contributed by atoms with Crippen LogP contribution in [0.1, 0.15) is 18.3 Å². The van der Waals surface area contributed by atoms with Crippen LogP contribution in [0.2, 0.25) is 0 Å². The Morgan fingerprint density at radius 3 is 2.80 bits per heavy atom. The molecule has 0 radical (unpaired) electrons. The van der Waals surface area contributed by atoms with Gasteiger partial charge >= 0.3 is 0 Å². The molecule has 0 aromatic carbocycles. The summed E-state index contributed by atoms with van der Waals surface area (Å²) in [5.41, 5.74) is 1.73. The number of aromatic nitrogens is 1. The topological polar surface area (TPSA) is 31.4 Å². The molecular formula is C11H16ClNO2. The molecule has 0 saturated carbocycles. The molecule has 0 fully saturated rings. The predicted octanol–water partition coefficient (Wildman–Crippen LogP) is 2.54. The van der Waals surface area contributed by atoms with Gasteiger partial charge in [-0.15, -0.1) is 11.6 Å². The summed E-state index contributed by atoms with van der Waals surface area (Å²) in [6.07, 6.45) is 0. The first kappa shape index (κ1) is 12.3. The van der Waals surface area contributed by atoms with Crippen molar-refractivity contribution in [3.8, 4) is 5.75 Å². The number of hydrogen-bond donors (Lipinski definition) is 0. The smallest absolute Gasteiger partial charge is 0.142 e. The summed E-state index contributed by atoms with van der Waals surface area (Å²) in [6, 6.07) is 3.80. The van der Waals surface area contributed by atoms with Crippen LogP contribution in [0.4, 0.5) is 0 Å². The molecule has 1 heterocycles. The minimum absolute atomic E-state index is 0.367. The van der Waals surface area contributed by atoms with E-state index in [-0.39, 0.29) is 0 Å². The molecule has 1 rings (SSSR count). The van der Waals surface area contributed by atoms with Crippen molar-refractivity contribution in [1.82, 2.24) is 4.98 Å². The van der Waals surface area contributed by atoms with Gasteiger partial charge in [0.2, 0.25) is 0 Å². The van der Waals surface area contributed by atoms with E-state index in [1.165, 1.54) is 0 Å². The van der Waals surface area contributed by atoms with E-state index in [9.17, 15) is 0 Å². The van der Waals surface area contributed by atoms with E-state index < -0.39 is 0 Å². The molecule has 0 spiro atoms. The van der Waals surface area contributed by atoms with Crippen LogP contribution in [0.3, 0.4) is 0 Å². The molecule has 0 bridgehead atoms. The standard InChI is InChI=1S/C11H16ClNO2/c1-3-14-6-7-15-11-5-4-9(2)13-10(11)8-12/h4-5H,3,6-8H2,1-2H3. The van der Waals surface area contributed by atoms with Gasteiger partial charge in [-0.3, -0.25) is 4.98 Å². The molecule has 84 valence electrons. The monoisotopic (exact) mass is 229 g/mol. The van der Waals surface area contributed by atoms with Crippen LogP contribution in [0.5, 0.6) is 5.75 Å². The maximum atomic E-state index is 5.77. The fraction of sp³-hybridized carbons (Fsp3) is 0.545. The van der Waals surface area contributed by atoms with Crippen LogP contribution in [-0.4, -0.2) is 24.8 Å². The van der Waals surface area contributed by atoms with Crippen LogP contribution in [0.25, 0.3) is 0 Å². The predicted molar refractivity (Wildman–Crippen MR) is 60.5 cm³/mol. The average Bonchev–Trinajstić information content (AvgIpc) is 2.26. The van der Waals surface area contributed by atoms with Crippen molar-refractivity contribution in [2.45, 2.75) is 19.7 Å². The lowest BCUT2D eigenvalue weighted by Gasteiger charge is -2.09. The van der Waals surface area contributed by atoms with Crippen LogP contribution in [-0.2, 0) is 10.6 Å². The first-order chi connectivity index (χ1) is 7.27. The summed E-state index contributed by atoms with van der Waals surface area (Å²) in [5.74, 6) is 1.11. The third-order valence-corrected chi connectivity index (χ3v) is 2.14. The van der Waals surface area contributed by atoms with Crippen molar-refractivity contribution in [2.24, 2.45) is 0 Å². The summed E-state index contributed by atoms with van der Waals surface area (Å²) >= 11 is 5.77. The molecule has 0 saturated heterocycles. The molecule has 0 amide bonds. The fourth-order valence-corrected chi connectivity index (χ4v) is 1.37. The second-order valence-electron chi connectivity index (χ2n) is 3.08. The Morgan fingerprint density at radius 1 is 1.33 bits per heavy atom. The number of alkyl halides is 1. The Hall–Kier alpha value is -0.800. The van der Waals surface area contributed by atoms with E-state index in [4.69, 9.17) is 21.1 Å². The zero-order valence-corrected chi connectivity index (χ0v) is 9.88. The summed E-state index contributed by atoms with van der Waals surface area (Å²) in [6.45, 7) is 5.71. The van der Waals surface area contributed by atoms with E-state index in [0.29, 0.717) is 25.7 Å². The van der Waals surface area contributed by atoms with Crippen molar-refractivity contribution in [3.05, 3.63) is 23.5 Å². The number of nitrogens with zero attached hydrogens (tertiary/aromatic N) is 1. The largest absolute Gasteiger partial charge is 0.489 e. The molecule has 1 aromatic heterocycles. The Bertz CT molecular complexity index is 305. The second kappa shape index (κ2) is 6.64. The van der Waals surface area contributed by atoms with Crippen molar-refractivity contribution in [2.75, 3.05) is 19.8 Å². The van der Waals surface area contributed by atoms with E-state index in [0.717, 1.165) is 17.1 Å². The van der Waals surface area contributed by atoms with Crippen molar-refractivity contribution in [3.63, 3.8) is 0 Å². The Morgan fingerprint density at radius 2 is 2.13 bits per heavy atom. The fourth-order valence-electron chi connectivity index (χ4n) is 1.18. The first-order valence-electron chi connectivity index (χ1n) is 5.01. The van der Waals surface area contributed by atoms with Crippen LogP contribution in [0.15, 0.2) is 12.1 Å². The van der Waals surface area contributed by atoms with E-state index >= 15 is 0 Å². The molecule has 0 aliphatic rings. The van der Waals surface area contributed by atoms with Gasteiger partial charge in [-0.25, -0.2) is 0 Å². The maximum Gasteiger partial charge on any atom is 0.142 e. The summed E-state index contributed by atoms with van der Waals surface area (Å²) in [4.78, 5) is 4.29. The quantitative estimate of drug-likeness (QED) is 0.555. The summed E-state index contributed by atoms with van der Waals surface area (Å²) < 4.78 is 10.7. The third kappa shape index (κ3) is 4.06. The maximum absolute atomic E-state index is 5.77. The lowest BCUT2D eigenvalue weighted by atomic mass is 10.3. The molecule has 0 atom stereocenters. The first-order valence-corrected chi connectivity index (χ1v) is 5.54. The second-order valence-corrected chi connectivity index (χ2v) is 3.34. The average molecular weight is 230 g/mol. The summed E-state index contributed by atoms with van der Waals surface area (Å²) in [7, 11) is 0. The minimum atomic E-state index is 0.367. The number of aryl methyl sites for hydroxylation is 1. The third-order valence-electron chi connectivity index (χ3n) is 1.89. The van der Waals surface area contributed by atoms with E-state index in [1.54, 1.807) is 0 Å². The van der Waals surface area contributed by atoms with Crippen LogP contribution in [0, 0.1) is 6.92 Å². The molecule has 15 heavy (non-hydrogen) atoms. The molecule has 0 unspecified atom stereocenters. The molecule has 0 N–H and O–H groups in total. The van der Waals surface area contributed by atoms with Gasteiger partial charge in [0, 0.05) is 12.3 Å². The highest BCUT2D eigenvalue weighted by Crippen LogP contribution is 2.18.